The smallest absolute Gasteiger partial charge is 0.150 e. The van der Waals surface area contributed by atoms with Gasteiger partial charge < -0.3 is 18.3 Å². The maximum Gasteiger partial charge on any atom is 0.150 e. The molecule has 2 rings (SSSR count). The Balaban J connectivity index is 2.34. The van der Waals surface area contributed by atoms with Gasteiger partial charge in [0.2, 0.25) is 0 Å². The fraction of sp³-hybridized carbons (Fsp3) is 0.333. The summed E-state index contributed by atoms with van der Waals surface area (Å²) in [6, 6.07) is 7.37. The molecule has 2 aromatic rings. The second-order valence-corrected chi connectivity index (χ2v) is 4.77. The lowest BCUT2D eigenvalue weighted by Gasteiger charge is -2.23. The van der Waals surface area contributed by atoms with Gasteiger partial charge in [0, 0.05) is 0 Å². The van der Waals surface area contributed by atoms with Crippen LogP contribution in [0.4, 0.5) is 0 Å². The highest BCUT2D eigenvalue weighted by molar-refractivity contribution is 5.16. The molecule has 4 nitrogen and oxygen atoms in total. The largest absolute Gasteiger partial charge is 0.463 e. The molecular weight excluding hydrogens is 280 g/mol. The van der Waals surface area contributed by atoms with Crippen molar-refractivity contribution in [2.75, 3.05) is 13.2 Å². The highest BCUT2D eigenvalue weighted by atomic mass is 16.6. The Hall–Kier alpha value is -2.40. The molecule has 0 saturated heterocycles. The average molecular weight is 298 g/mol. The lowest BCUT2D eigenvalue weighted by atomic mass is 10.1. The monoisotopic (exact) mass is 298 g/mol. The quantitative estimate of drug-likeness (QED) is 0.733. The highest BCUT2D eigenvalue weighted by Gasteiger charge is 2.31. The Kier molecular flexibility index (Phi) is 5.49. The number of aryl methyl sites for hydroxylation is 2. The predicted octanol–water partition coefficient (Wildman–Crippen LogP) is 3.57. The van der Waals surface area contributed by atoms with E-state index in [-0.39, 0.29) is 13.2 Å². The standard InChI is InChI=1S/C18H18O4/c1-5-11-19-17(15-9-7-13(3)21-15)18(20-12-6-2)16-10-8-14(4)22-16/h1-2,7-10,17-18H,11-12H2,3-4H3. The van der Waals surface area contributed by atoms with Gasteiger partial charge in [-0.25, -0.2) is 0 Å². The van der Waals surface area contributed by atoms with E-state index in [9.17, 15) is 0 Å². The number of ether oxygens (including phenoxy) is 2. The van der Waals surface area contributed by atoms with Crippen molar-refractivity contribution in [1.82, 2.24) is 0 Å². The fourth-order valence-corrected chi connectivity index (χ4v) is 2.13. The van der Waals surface area contributed by atoms with Gasteiger partial charge in [0.25, 0.3) is 0 Å². The lowest BCUT2D eigenvalue weighted by Crippen LogP contribution is -2.17. The van der Waals surface area contributed by atoms with Crippen LogP contribution in [0, 0.1) is 38.5 Å². The fourth-order valence-electron chi connectivity index (χ4n) is 2.13. The van der Waals surface area contributed by atoms with Crippen LogP contribution < -0.4 is 0 Å². The Morgan fingerprint density at radius 1 is 0.864 bits per heavy atom. The molecule has 2 aromatic heterocycles. The van der Waals surface area contributed by atoms with E-state index in [1.807, 2.05) is 38.1 Å². The molecule has 2 heterocycles. The van der Waals surface area contributed by atoms with Gasteiger partial charge in [-0.3, -0.25) is 0 Å². The van der Waals surface area contributed by atoms with Crippen molar-refractivity contribution in [2.24, 2.45) is 0 Å². The molecule has 0 radical (unpaired) electrons. The van der Waals surface area contributed by atoms with Gasteiger partial charge in [0.15, 0.2) is 0 Å². The summed E-state index contributed by atoms with van der Waals surface area (Å²) in [6.07, 6.45) is 9.53. The molecule has 4 heteroatoms. The van der Waals surface area contributed by atoms with E-state index in [1.165, 1.54) is 0 Å². The minimum atomic E-state index is -0.538. The third-order valence-corrected chi connectivity index (χ3v) is 3.05. The number of furan rings is 2. The maximum absolute atomic E-state index is 5.73. The molecule has 0 saturated carbocycles. The summed E-state index contributed by atoms with van der Waals surface area (Å²) in [6.45, 7) is 3.96. The zero-order valence-electron chi connectivity index (χ0n) is 12.7. The first-order valence-corrected chi connectivity index (χ1v) is 6.88. The molecule has 0 aliphatic heterocycles. The van der Waals surface area contributed by atoms with E-state index < -0.39 is 12.2 Å². The SMILES string of the molecule is C#CCOC(c1ccc(C)o1)C(OCC#C)c1ccc(C)o1. The van der Waals surface area contributed by atoms with Crippen LogP contribution in [0.2, 0.25) is 0 Å². The highest BCUT2D eigenvalue weighted by Crippen LogP contribution is 2.36. The van der Waals surface area contributed by atoms with Crippen molar-refractivity contribution in [3.05, 3.63) is 47.3 Å². The third-order valence-electron chi connectivity index (χ3n) is 3.05. The van der Waals surface area contributed by atoms with Crippen LogP contribution in [0.3, 0.4) is 0 Å². The average Bonchev–Trinajstić information content (AvgIpc) is 3.11. The van der Waals surface area contributed by atoms with Crippen molar-refractivity contribution in [3.8, 4) is 24.7 Å². The van der Waals surface area contributed by atoms with Crippen LogP contribution in [0.15, 0.2) is 33.1 Å². The molecule has 0 N–H and O–H groups in total. The first-order chi connectivity index (χ1) is 10.7. The minimum absolute atomic E-state index is 0.125. The molecule has 2 unspecified atom stereocenters. The molecule has 0 fully saturated rings. The van der Waals surface area contributed by atoms with Gasteiger partial charge >= 0.3 is 0 Å². The normalized spacial score (nSPS) is 13.3. The van der Waals surface area contributed by atoms with Crippen LogP contribution in [0.25, 0.3) is 0 Å². The van der Waals surface area contributed by atoms with E-state index in [1.54, 1.807) is 0 Å². The summed E-state index contributed by atoms with van der Waals surface area (Å²) in [5, 5.41) is 0. The van der Waals surface area contributed by atoms with Crippen LogP contribution >= 0.6 is 0 Å². The van der Waals surface area contributed by atoms with Gasteiger partial charge in [-0.05, 0) is 38.1 Å². The topological polar surface area (TPSA) is 44.7 Å². The first-order valence-electron chi connectivity index (χ1n) is 6.88. The summed E-state index contributed by atoms with van der Waals surface area (Å²) < 4.78 is 22.8. The van der Waals surface area contributed by atoms with Crippen molar-refractivity contribution < 1.29 is 18.3 Å². The molecule has 0 spiro atoms. The van der Waals surface area contributed by atoms with Crippen molar-refractivity contribution in [2.45, 2.75) is 26.1 Å². The summed E-state index contributed by atoms with van der Waals surface area (Å²) in [4.78, 5) is 0. The summed E-state index contributed by atoms with van der Waals surface area (Å²) in [7, 11) is 0. The minimum Gasteiger partial charge on any atom is -0.463 e. The van der Waals surface area contributed by atoms with E-state index >= 15 is 0 Å². The van der Waals surface area contributed by atoms with Crippen LogP contribution in [-0.4, -0.2) is 13.2 Å². The van der Waals surface area contributed by atoms with Gasteiger partial charge in [0.1, 0.15) is 48.5 Å². The molecule has 0 aliphatic rings. The van der Waals surface area contributed by atoms with Crippen LogP contribution in [-0.2, 0) is 9.47 Å². The third kappa shape index (κ3) is 3.83. The second kappa shape index (κ2) is 7.56. The zero-order chi connectivity index (χ0) is 15.9. The lowest BCUT2D eigenvalue weighted by molar-refractivity contribution is -0.0780. The number of hydrogen-bond donors (Lipinski definition) is 0. The predicted molar refractivity (Wildman–Crippen MR) is 81.9 cm³/mol. The number of terminal acetylenes is 2. The van der Waals surface area contributed by atoms with Crippen molar-refractivity contribution >= 4 is 0 Å². The second-order valence-electron chi connectivity index (χ2n) is 4.77. The van der Waals surface area contributed by atoms with Gasteiger partial charge in [-0.15, -0.1) is 12.8 Å². The molecule has 22 heavy (non-hydrogen) atoms. The Bertz CT molecular complexity index is 620. The van der Waals surface area contributed by atoms with E-state index in [0.717, 1.165) is 11.5 Å². The van der Waals surface area contributed by atoms with E-state index in [4.69, 9.17) is 31.2 Å². The summed E-state index contributed by atoms with van der Waals surface area (Å²) in [5.41, 5.74) is 0. The van der Waals surface area contributed by atoms with Crippen molar-refractivity contribution in [3.63, 3.8) is 0 Å². The van der Waals surface area contributed by atoms with E-state index in [0.29, 0.717) is 11.5 Å². The van der Waals surface area contributed by atoms with Crippen LogP contribution in [0.5, 0.6) is 0 Å². The molecular formula is C18H18O4. The van der Waals surface area contributed by atoms with Crippen LogP contribution in [0.1, 0.15) is 35.2 Å². The molecule has 0 aromatic carbocycles. The van der Waals surface area contributed by atoms with Gasteiger partial charge in [0.05, 0.1) is 0 Å². The molecule has 0 amide bonds. The summed E-state index contributed by atoms with van der Waals surface area (Å²) >= 11 is 0. The molecule has 0 aliphatic carbocycles. The summed E-state index contributed by atoms with van der Waals surface area (Å²) in [5.74, 6) is 7.68. The van der Waals surface area contributed by atoms with Gasteiger partial charge in [-0.1, -0.05) is 11.8 Å². The van der Waals surface area contributed by atoms with Gasteiger partial charge in [-0.2, -0.15) is 0 Å². The molecule has 2 atom stereocenters. The Labute approximate surface area is 130 Å². The Morgan fingerprint density at radius 2 is 1.27 bits per heavy atom. The zero-order valence-corrected chi connectivity index (χ0v) is 12.7. The van der Waals surface area contributed by atoms with Crippen molar-refractivity contribution in [1.29, 1.82) is 0 Å². The van der Waals surface area contributed by atoms with E-state index in [2.05, 4.69) is 11.8 Å². The number of hydrogen-bond acceptors (Lipinski definition) is 4. The maximum atomic E-state index is 5.73. The molecule has 114 valence electrons. The Morgan fingerprint density at radius 3 is 1.55 bits per heavy atom. The number of rotatable bonds is 7. The molecule has 0 bridgehead atoms. The first kappa shape index (κ1) is 16.0.